The summed E-state index contributed by atoms with van der Waals surface area (Å²) in [7, 11) is 0. The molecule has 2 rings (SSSR count). The van der Waals surface area contributed by atoms with Crippen LogP contribution in [0.5, 0.6) is 0 Å². The zero-order chi connectivity index (χ0) is 14.4. The van der Waals surface area contributed by atoms with Gasteiger partial charge in [-0.2, -0.15) is 0 Å². The Hall–Kier alpha value is -1.13. The molecule has 0 atom stereocenters. The molecule has 1 saturated heterocycles. The van der Waals surface area contributed by atoms with Gasteiger partial charge >= 0.3 is 0 Å². The minimum atomic E-state index is 0.402. The molecule has 0 bridgehead atoms. The van der Waals surface area contributed by atoms with E-state index in [9.17, 15) is 0 Å². The highest BCUT2D eigenvalue weighted by molar-refractivity contribution is 7.80. The number of likely N-dealkylation sites (tertiary alicyclic amines) is 1. The Balaban J connectivity index is 1.71. The van der Waals surface area contributed by atoms with E-state index < -0.39 is 0 Å². The van der Waals surface area contributed by atoms with Crippen molar-refractivity contribution in [1.82, 2.24) is 10.6 Å². The van der Waals surface area contributed by atoms with Crippen molar-refractivity contribution in [2.45, 2.75) is 45.3 Å². The van der Waals surface area contributed by atoms with E-state index in [-0.39, 0.29) is 0 Å². The van der Waals surface area contributed by atoms with Crippen LogP contribution in [0, 0.1) is 0 Å². The normalized spacial score (nSPS) is 22.6. The molecule has 1 aliphatic rings. The summed E-state index contributed by atoms with van der Waals surface area (Å²) in [4.78, 5) is 1.68. The smallest absolute Gasteiger partial charge is 0.166 e. The van der Waals surface area contributed by atoms with Crippen molar-refractivity contribution in [1.29, 1.82) is 0 Å². The molecule has 1 fully saturated rings. The van der Waals surface area contributed by atoms with Crippen LogP contribution < -0.4 is 15.5 Å². The summed E-state index contributed by atoms with van der Waals surface area (Å²) in [6.45, 7) is 7.80. The molecule has 0 unspecified atom stereocenters. The zero-order valence-electron chi connectivity index (χ0n) is 12.5. The molecule has 0 radical (unpaired) electrons. The lowest BCUT2D eigenvalue weighted by Crippen LogP contribution is -3.12. The number of hydrogen-bond acceptors (Lipinski definition) is 1. The Morgan fingerprint density at radius 1 is 1.25 bits per heavy atom. The third kappa shape index (κ3) is 5.10. The van der Waals surface area contributed by atoms with E-state index in [1.54, 1.807) is 4.90 Å². The van der Waals surface area contributed by atoms with E-state index in [4.69, 9.17) is 12.2 Å². The van der Waals surface area contributed by atoms with Gasteiger partial charge in [-0.15, -0.1) is 0 Å². The van der Waals surface area contributed by atoms with Crippen LogP contribution in [-0.4, -0.2) is 30.3 Å². The predicted molar refractivity (Wildman–Crippen MR) is 87.9 cm³/mol. The van der Waals surface area contributed by atoms with Gasteiger partial charge in [0.15, 0.2) is 5.11 Å². The van der Waals surface area contributed by atoms with Gasteiger partial charge in [0.05, 0.1) is 13.1 Å². The van der Waals surface area contributed by atoms with Gasteiger partial charge in [0, 0.05) is 30.5 Å². The molecule has 1 heterocycles. The highest BCUT2D eigenvalue weighted by Crippen LogP contribution is 2.01. The predicted octanol–water partition coefficient (Wildman–Crippen LogP) is 1.11. The van der Waals surface area contributed by atoms with Crippen LogP contribution in [0.25, 0.3) is 0 Å². The number of nitrogens with one attached hydrogen (secondary N) is 3. The lowest BCUT2D eigenvalue weighted by molar-refractivity contribution is -0.918. The summed E-state index contributed by atoms with van der Waals surface area (Å²) in [5.74, 6) is 0. The molecular weight excluding hydrogens is 266 g/mol. The van der Waals surface area contributed by atoms with Gasteiger partial charge in [-0.3, -0.25) is 0 Å². The fourth-order valence-corrected chi connectivity index (χ4v) is 3.12. The number of thiocarbonyl (C=S) groups is 1. The SMILES string of the molecule is CC(C)NC(=S)NC1CC[NH+](Cc2ccccc2)CC1. The summed E-state index contributed by atoms with van der Waals surface area (Å²) in [6, 6.07) is 11.7. The highest BCUT2D eigenvalue weighted by Gasteiger charge is 2.22. The summed E-state index contributed by atoms with van der Waals surface area (Å²) in [6.07, 6.45) is 2.39. The first-order chi connectivity index (χ1) is 9.63. The largest absolute Gasteiger partial charge is 0.361 e. The van der Waals surface area contributed by atoms with E-state index in [1.807, 2.05) is 0 Å². The maximum Gasteiger partial charge on any atom is 0.166 e. The van der Waals surface area contributed by atoms with Gasteiger partial charge in [-0.1, -0.05) is 30.3 Å². The quantitative estimate of drug-likeness (QED) is 0.726. The van der Waals surface area contributed by atoms with Crippen molar-refractivity contribution < 1.29 is 4.90 Å². The third-order valence-electron chi connectivity index (χ3n) is 3.74. The van der Waals surface area contributed by atoms with Crippen molar-refractivity contribution in [2.75, 3.05) is 13.1 Å². The molecule has 20 heavy (non-hydrogen) atoms. The Morgan fingerprint density at radius 3 is 2.50 bits per heavy atom. The van der Waals surface area contributed by atoms with Gasteiger partial charge in [0.1, 0.15) is 6.54 Å². The third-order valence-corrected chi connectivity index (χ3v) is 3.98. The van der Waals surface area contributed by atoms with Crippen LogP contribution in [0.4, 0.5) is 0 Å². The topological polar surface area (TPSA) is 28.5 Å². The Bertz CT molecular complexity index is 411. The molecule has 3 nitrogen and oxygen atoms in total. The minimum Gasteiger partial charge on any atom is -0.361 e. The summed E-state index contributed by atoms with van der Waals surface area (Å²) < 4.78 is 0. The molecule has 0 aromatic heterocycles. The molecule has 1 aliphatic heterocycles. The van der Waals surface area contributed by atoms with Crippen LogP contribution >= 0.6 is 12.2 Å². The monoisotopic (exact) mass is 292 g/mol. The van der Waals surface area contributed by atoms with E-state index in [2.05, 4.69) is 54.8 Å². The molecule has 0 amide bonds. The van der Waals surface area contributed by atoms with Crippen LogP contribution in [0.1, 0.15) is 32.3 Å². The maximum absolute atomic E-state index is 5.32. The second-order valence-electron chi connectivity index (χ2n) is 5.96. The van der Waals surface area contributed by atoms with Gasteiger partial charge in [-0.25, -0.2) is 0 Å². The molecule has 0 spiro atoms. The first-order valence-electron chi connectivity index (χ1n) is 7.58. The van der Waals surface area contributed by atoms with Crippen molar-refractivity contribution in [3.05, 3.63) is 35.9 Å². The van der Waals surface area contributed by atoms with E-state index in [0.29, 0.717) is 12.1 Å². The van der Waals surface area contributed by atoms with Crippen molar-refractivity contribution >= 4 is 17.3 Å². The lowest BCUT2D eigenvalue weighted by atomic mass is 10.0. The van der Waals surface area contributed by atoms with E-state index in [1.165, 1.54) is 31.5 Å². The van der Waals surface area contributed by atoms with Crippen molar-refractivity contribution in [3.8, 4) is 0 Å². The standard InChI is InChI=1S/C16H25N3S/c1-13(2)17-16(20)18-15-8-10-19(11-9-15)12-14-6-4-3-5-7-14/h3-7,13,15H,8-12H2,1-2H3,(H2,17,18,20)/p+1. The first-order valence-corrected chi connectivity index (χ1v) is 7.99. The van der Waals surface area contributed by atoms with Gasteiger partial charge in [-0.05, 0) is 26.1 Å². The second kappa shape index (κ2) is 7.60. The van der Waals surface area contributed by atoms with Crippen LogP contribution in [-0.2, 0) is 6.54 Å². The molecule has 0 aliphatic carbocycles. The average molecular weight is 292 g/mol. The highest BCUT2D eigenvalue weighted by atomic mass is 32.1. The number of benzene rings is 1. The Kier molecular flexibility index (Phi) is 5.80. The first kappa shape index (κ1) is 15.3. The molecule has 1 aromatic rings. The molecule has 1 aromatic carbocycles. The van der Waals surface area contributed by atoms with Crippen LogP contribution in [0.3, 0.4) is 0 Å². The second-order valence-corrected chi connectivity index (χ2v) is 6.37. The average Bonchev–Trinajstić information content (AvgIpc) is 2.41. The van der Waals surface area contributed by atoms with Gasteiger partial charge in [0.2, 0.25) is 0 Å². The van der Waals surface area contributed by atoms with Crippen LogP contribution in [0.15, 0.2) is 30.3 Å². The summed E-state index contributed by atoms with van der Waals surface area (Å²) >= 11 is 5.32. The van der Waals surface area contributed by atoms with Gasteiger partial charge < -0.3 is 15.5 Å². The van der Waals surface area contributed by atoms with E-state index in [0.717, 1.165) is 11.7 Å². The summed E-state index contributed by atoms with van der Waals surface area (Å²) in [5, 5.41) is 7.50. The number of quaternary nitrogens is 1. The zero-order valence-corrected chi connectivity index (χ0v) is 13.3. The number of piperidine rings is 1. The molecule has 3 N–H and O–H groups in total. The number of rotatable bonds is 4. The lowest BCUT2D eigenvalue weighted by Gasteiger charge is -2.30. The fraction of sp³-hybridized carbons (Fsp3) is 0.562. The fourth-order valence-electron chi connectivity index (χ4n) is 2.72. The van der Waals surface area contributed by atoms with Crippen molar-refractivity contribution in [2.24, 2.45) is 0 Å². The summed E-state index contributed by atoms with van der Waals surface area (Å²) in [5.41, 5.74) is 1.44. The molecular formula is C16H26N3S+. The van der Waals surface area contributed by atoms with Gasteiger partial charge in [0.25, 0.3) is 0 Å². The van der Waals surface area contributed by atoms with Crippen LogP contribution in [0.2, 0.25) is 0 Å². The molecule has 0 saturated carbocycles. The number of hydrogen-bond donors (Lipinski definition) is 3. The molecule has 4 heteroatoms. The Morgan fingerprint density at radius 2 is 1.90 bits per heavy atom. The Labute approximate surface area is 127 Å². The van der Waals surface area contributed by atoms with E-state index >= 15 is 0 Å². The van der Waals surface area contributed by atoms with Crippen molar-refractivity contribution in [3.63, 3.8) is 0 Å². The minimum absolute atomic E-state index is 0.402. The maximum atomic E-state index is 5.32. The molecule has 110 valence electrons.